The molecule has 0 spiro atoms. The molecular formula is C26H33N7O. The van der Waals surface area contributed by atoms with Crippen molar-refractivity contribution in [1.29, 1.82) is 0 Å². The van der Waals surface area contributed by atoms with Crippen LogP contribution in [0.25, 0.3) is 0 Å². The third-order valence-electron chi connectivity index (χ3n) is 6.86. The molecule has 0 bridgehead atoms. The minimum absolute atomic E-state index is 0.519. The number of para-hydroxylation sites is 1. The van der Waals surface area contributed by atoms with Crippen LogP contribution in [-0.4, -0.2) is 66.6 Å². The molecule has 0 saturated carbocycles. The van der Waals surface area contributed by atoms with E-state index in [4.69, 9.17) is 4.98 Å². The maximum atomic E-state index is 11.1. The van der Waals surface area contributed by atoms with Crippen LogP contribution in [0.15, 0.2) is 48.7 Å². The Morgan fingerprint density at radius 1 is 0.941 bits per heavy atom. The summed E-state index contributed by atoms with van der Waals surface area (Å²) in [6, 6.07) is 14.6. The minimum atomic E-state index is -0.807. The number of aliphatic hydroxyl groups is 1. The lowest BCUT2D eigenvalue weighted by atomic mass is 10.1. The molecule has 1 unspecified atom stereocenters. The molecule has 34 heavy (non-hydrogen) atoms. The first-order chi connectivity index (χ1) is 16.4. The monoisotopic (exact) mass is 459 g/mol. The Kier molecular flexibility index (Phi) is 6.02. The summed E-state index contributed by atoms with van der Waals surface area (Å²) >= 11 is 0. The average Bonchev–Trinajstić information content (AvgIpc) is 2.83. The SMILES string of the molecule is Cc1cccc(C)c1N1Cc2cnc(Nc3ccc(N4CCN(C)CC4)cc3)nc2N(C)C1O. The number of rotatable bonds is 4. The molecule has 178 valence electrons. The highest BCUT2D eigenvalue weighted by molar-refractivity contribution is 5.66. The van der Waals surface area contributed by atoms with Crippen LogP contribution in [0.3, 0.4) is 0 Å². The maximum Gasteiger partial charge on any atom is 0.229 e. The molecular weight excluding hydrogens is 426 g/mol. The van der Waals surface area contributed by atoms with E-state index < -0.39 is 6.35 Å². The zero-order valence-corrected chi connectivity index (χ0v) is 20.4. The number of piperazine rings is 1. The Hall–Kier alpha value is -3.36. The number of nitrogens with zero attached hydrogens (tertiary/aromatic N) is 6. The molecule has 3 heterocycles. The Bertz CT molecular complexity index is 1140. The quantitative estimate of drug-likeness (QED) is 0.616. The Labute approximate surface area is 201 Å². The number of aromatic nitrogens is 2. The Balaban J connectivity index is 1.33. The fourth-order valence-electron chi connectivity index (χ4n) is 4.86. The molecule has 0 aliphatic carbocycles. The van der Waals surface area contributed by atoms with Gasteiger partial charge in [-0.05, 0) is 56.3 Å². The van der Waals surface area contributed by atoms with Crippen molar-refractivity contribution >= 4 is 28.8 Å². The summed E-state index contributed by atoms with van der Waals surface area (Å²) in [6.45, 7) is 8.96. The van der Waals surface area contributed by atoms with Crippen molar-refractivity contribution in [2.75, 3.05) is 60.3 Å². The summed E-state index contributed by atoms with van der Waals surface area (Å²) in [6.07, 6.45) is 1.05. The molecule has 2 aliphatic heterocycles. The van der Waals surface area contributed by atoms with Crippen molar-refractivity contribution in [3.63, 3.8) is 0 Å². The molecule has 1 atom stereocenters. The van der Waals surface area contributed by atoms with Gasteiger partial charge in [-0.3, -0.25) is 0 Å². The van der Waals surface area contributed by atoms with Gasteiger partial charge in [0.2, 0.25) is 12.3 Å². The topological polar surface area (TPSA) is 71.0 Å². The largest absolute Gasteiger partial charge is 0.369 e. The molecule has 1 saturated heterocycles. The van der Waals surface area contributed by atoms with E-state index in [0.717, 1.165) is 60.1 Å². The van der Waals surface area contributed by atoms with E-state index in [2.05, 4.69) is 77.4 Å². The maximum absolute atomic E-state index is 11.1. The van der Waals surface area contributed by atoms with Crippen molar-refractivity contribution < 1.29 is 5.11 Å². The number of aliphatic hydroxyl groups excluding tert-OH is 1. The van der Waals surface area contributed by atoms with Gasteiger partial charge in [-0.25, -0.2) is 4.98 Å². The molecule has 0 radical (unpaired) electrons. The van der Waals surface area contributed by atoms with Gasteiger partial charge in [0, 0.05) is 62.0 Å². The second-order valence-corrected chi connectivity index (χ2v) is 9.33. The van der Waals surface area contributed by atoms with Crippen LogP contribution in [0.2, 0.25) is 0 Å². The zero-order chi connectivity index (χ0) is 23.8. The molecule has 3 aromatic rings. The summed E-state index contributed by atoms with van der Waals surface area (Å²) < 4.78 is 0. The molecule has 1 aromatic heterocycles. The van der Waals surface area contributed by atoms with E-state index in [1.807, 2.05) is 24.2 Å². The first-order valence-corrected chi connectivity index (χ1v) is 11.8. The summed E-state index contributed by atoms with van der Waals surface area (Å²) in [7, 11) is 4.03. The van der Waals surface area contributed by atoms with Crippen LogP contribution in [0.4, 0.5) is 28.8 Å². The van der Waals surface area contributed by atoms with E-state index in [1.54, 1.807) is 4.90 Å². The van der Waals surface area contributed by atoms with Gasteiger partial charge in [-0.1, -0.05) is 18.2 Å². The van der Waals surface area contributed by atoms with Gasteiger partial charge in [0.25, 0.3) is 0 Å². The molecule has 2 N–H and O–H groups in total. The van der Waals surface area contributed by atoms with Crippen LogP contribution in [-0.2, 0) is 6.54 Å². The van der Waals surface area contributed by atoms with Crippen LogP contribution < -0.4 is 20.0 Å². The van der Waals surface area contributed by atoms with Gasteiger partial charge >= 0.3 is 0 Å². The second kappa shape index (κ2) is 9.12. The highest BCUT2D eigenvalue weighted by atomic mass is 16.3. The highest BCUT2D eigenvalue weighted by Gasteiger charge is 2.32. The number of likely N-dealkylation sites (N-methyl/N-ethyl adjacent to an activating group) is 1. The Morgan fingerprint density at radius 3 is 2.29 bits per heavy atom. The van der Waals surface area contributed by atoms with Gasteiger partial charge in [0.15, 0.2) is 0 Å². The fraction of sp³-hybridized carbons (Fsp3) is 0.385. The molecule has 0 amide bonds. The van der Waals surface area contributed by atoms with E-state index >= 15 is 0 Å². The van der Waals surface area contributed by atoms with Crippen LogP contribution in [0, 0.1) is 13.8 Å². The van der Waals surface area contributed by atoms with Gasteiger partial charge in [0.1, 0.15) is 5.82 Å². The lowest BCUT2D eigenvalue weighted by Crippen LogP contribution is -2.51. The third kappa shape index (κ3) is 4.26. The normalized spacial score (nSPS) is 18.7. The van der Waals surface area contributed by atoms with Gasteiger partial charge in [-0.15, -0.1) is 0 Å². The summed E-state index contributed by atoms with van der Waals surface area (Å²) in [5, 5.41) is 14.4. The zero-order valence-electron chi connectivity index (χ0n) is 20.4. The Morgan fingerprint density at radius 2 is 1.62 bits per heavy atom. The molecule has 2 aromatic carbocycles. The lowest BCUT2D eigenvalue weighted by molar-refractivity contribution is 0.160. The van der Waals surface area contributed by atoms with Crippen molar-refractivity contribution in [1.82, 2.24) is 14.9 Å². The number of benzene rings is 2. The summed E-state index contributed by atoms with van der Waals surface area (Å²) in [5.74, 6) is 1.26. The summed E-state index contributed by atoms with van der Waals surface area (Å²) in [4.78, 5) is 17.9. The van der Waals surface area contributed by atoms with E-state index in [9.17, 15) is 5.11 Å². The highest BCUT2D eigenvalue weighted by Crippen LogP contribution is 2.35. The molecule has 1 fully saturated rings. The van der Waals surface area contributed by atoms with Crippen molar-refractivity contribution in [2.45, 2.75) is 26.7 Å². The predicted octanol–water partition coefficient (Wildman–Crippen LogP) is 3.32. The first-order valence-electron chi connectivity index (χ1n) is 11.8. The van der Waals surface area contributed by atoms with E-state index in [1.165, 1.54) is 5.69 Å². The first kappa shape index (κ1) is 22.4. The lowest BCUT2D eigenvalue weighted by Gasteiger charge is -2.42. The van der Waals surface area contributed by atoms with Crippen molar-refractivity contribution in [2.24, 2.45) is 0 Å². The number of anilines is 5. The molecule has 2 aliphatic rings. The smallest absolute Gasteiger partial charge is 0.229 e. The summed E-state index contributed by atoms with van der Waals surface area (Å²) in [5.41, 5.74) is 6.47. The van der Waals surface area contributed by atoms with Crippen molar-refractivity contribution in [3.8, 4) is 0 Å². The van der Waals surface area contributed by atoms with Crippen LogP contribution >= 0.6 is 0 Å². The van der Waals surface area contributed by atoms with Crippen LogP contribution in [0.1, 0.15) is 16.7 Å². The number of hydrogen-bond donors (Lipinski definition) is 2. The van der Waals surface area contributed by atoms with Gasteiger partial charge in [-0.2, -0.15) is 4.98 Å². The average molecular weight is 460 g/mol. The standard InChI is InChI=1S/C26H33N7O/c1-18-6-5-7-19(2)23(18)33-17-20-16-27-25(29-24(20)31(4)26(33)34)28-21-8-10-22(11-9-21)32-14-12-30(3)13-15-32/h5-11,16,26,34H,12-15,17H2,1-4H3,(H,27,28,29). The molecule has 8 nitrogen and oxygen atoms in total. The third-order valence-corrected chi connectivity index (χ3v) is 6.86. The number of aryl methyl sites for hydroxylation is 2. The van der Waals surface area contributed by atoms with E-state index in [-0.39, 0.29) is 0 Å². The number of hydrogen-bond acceptors (Lipinski definition) is 8. The van der Waals surface area contributed by atoms with Crippen molar-refractivity contribution in [3.05, 3.63) is 65.4 Å². The second-order valence-electron chi connectivity index (χ2n) is 9.33. The van der Waals surface area contributed by atoms with E-state index in [0.29, 0.717) is 12.5 Å². The molecule has 5 rings (SSSR count). The van der Waals surface area contributed by atoms with Crippen LogP contribution in [0.5, 0.6) is 0 Å². The molecule has 8 heteroatoms. The number of nitrogens with one attached hydrogen (secondary N) is 1. The number of fused-ring (bicyclic) bond motifs is 1. The fourth-order valence-corrected chi connectivity index (χ4v) is 4.86. The minimum Gasteiger partial charge on any atom is -0.369 e. The van der Waals surface area contributed by atoms with Gasteiger partial charge in [0.05, 0.1) is 6.54 Å². The van der Waals surface area contributed by atoms with Gasteiger partial charge < -0.3 is 30.0 Å². The predicted molar refractivity (Wildman–Crippen MR) is 138 cm³/mol.